The first-order chi connectivity index (χ1) is 8.26. The fourth-order valence-electron chi connectivity index (χ4n) is 1.10. The number of hydrogen-bond donors (Lipinski definition) is 1. The van der Waals surface area contributed by atoms with Crippen LogP contribution >= 0.6 is 11.8 Å². The highest BCUT2D eigenvalue weighted by Gasteiger charge is 2.57. The number of ether oxygens (including phenoxy) is 1. The number of rotatable bonds is 5. The van der Waals surface area contributed by atoms with Crippen molar-refractivity contribution >= 4 is 17.5 Å². The molecule has 0 aromatic heterocycles. The molecular formula is C10H9ClF5NO. The Morgan fingerprint density at radius 3 is 2.39 bits per heavy atom. The summed E-state index contributed by atoms with van der Waals surface area (Å²) >= 11 is 5.31. The molecule has 1 aromatic carbocycles. The van der Waals surface area contributed by atoms with Crippen LogP contribution in [0, 0.1) is 0 Å². The third-order valence-corrected chi connectivity index (χ3v) is 2.22. The Balaban J connectivity index is 2.51. The highest BCUT2D eigenvalue weighted by molar-refractivity contribution is 6.23. The molecule has 8 heteroatoms. The van der Waals surface area contributed by atoms with Crippen molar-refractivity contribution < 1.29 is 26.7 Å². The highest BCUT2D eigenvalue weighted by atomic mass is 35.5. The van der Waals surface area contributed by atoms with E-state index < -0.39 is 18.7 Å². The summed E-state index contributed by atoms with van der Waals surface area (Å²) in [5.41, 5.74) is 0.916. The number of anilines is 1. The minimum atomic E-state index is -5.60. The van der Waals surface area contributed by atoms with Gasteiger partial charge in [-0.1, -0.05) is 12.1 Å². The Morgan fingerprint density at radius 1 is 1.17 bits per heavy atom. The van der Waals surface area contributed by atoms with Crippen molar-refractivity contribution in [2.24, 2.45) is 0 Å². The molecule has 0 radical (unpaired) electrons. The quantitative estimate of drug-likeness (QED) is 0.654. The molecule has 1 aromatic rings. The van der Waals surface area contributed by atoms with Gasteiger partial charge in [0, 0.05) is 17.5 Å². The minimum Gasteiger partial charge on any atom is -0.370 e. The summed E-state index contributed by atoms with van der Waals surface area (Å²) in [6, 6.07) is 6.15. The molecule has 0 aliphatic heterocycles. The number of benzene rings is 1. The second-order valence-electron chi connectivity index (χ2n) is 3.49. The molecule has 0 heterocycles. The van der Waals surface area contributed by atoms with Gasteiger partial charge < -0.3 is 4.74 Å². The van der Waals surface area contributed by atoms with Gasteiger partial charge in [-0.25, -0.2) is 0 Å². The Morgan fingerprint density at radius 2 is 1.83 bits per heavy atom. The molecule has 1 N–H and O–H groups in total. The molecule has 0 bridgehead atoms. The van der Waals surface area contributed by atoms with Crippen LogP contribution in [0.4, 0.5) is 27.6 Å². The van der Waals surface area contributed by atoms with Crippen molar-refractivity contribution in [2.75, 3.05) is 11.4 Å². The predicted molar refractivity (Wildman–Crippen MR) is 56.6 cm³/mol. The number of hydrogen-bond acceptors (Lipinski definition) is 2. The Labute approximate surface area is 105 Å². The van der Waals surface area contributed by atoms with Crippen LogP contribution in [0.2, 0.25) is 0 Å². The summed E-state index contributed by atoms with van der Waals surface area (Å²) < 4.78 is 64.8. The molecule has 0 fully saturated rings. The predicted octanol–water partition coefficient (Wildman–Crippen LogP) is 3.97. The van der Waals surface area contributed by atoms with Crippen molar-refractivity contribution in [3.05, 3.63) is 29.8 Å². The molecule has 1 rings (SSSR count). The second-order valence-corrected chi connectivity index (χ2v) is 3.68. The molecule has 18 heavy (non-hydrogen) atoms. The lowest BCUT2D eigenvalue weighted by atomic mass is 10.2. The first-order valence-electron chi connectivity index (χ1n) is 4.74. The van der Waals surface area contributed by atoms with E-state index in [2.05, 4.69) is 9.57 Å². The summed E-state index contributed by atoms with van der Waals surface area (Å²) in [4.78, 5) is 2.29. The van der Waals surface area contributed by atoms with E-state index in [1.807, 2.05) is 0 Å². The second kappa shape index (κ2) is 5.71. The van der Waals surface area contributed by atoms with Crippen LogP contribution in [0.15, 0.2) is 24.3 Å². The van der Waals surface area contributed by atoms with Crippen LogP contribution in [0.5, 0.6) is 0 Å². The SMILES string of the molecule is FC(F)(F)C(F)(F)COCc1cccc(NCl)c1. The molecule has 2 nitrogen and oxygen atoms in total. The fraction of sp³-hybridized carbons (Fsp3) is 0.400. The van der Waals surface area contributed by atoms with Crippen molar-refractivity contribution in [2.45, 2.75) is 18.7 Å². The lowest BCUT2D eigenvalue weighted by Crippen LogP contribution is -2.40. The van der Waals surface area contributed by atoms with Crippen molar-refractivity contribution in [1.82, 2.24) is 0 Å². The van der Waals surface area contributed by atoms with E-state index in [1.54, 1.807) is 12.1 Å². The van der Waals surface area contributed by atoms with Crippen LogP contribution in [-0.4, -0.2) is 18.7 Å². The van der Waals surface area contributed by atoms with E-state index in [-0.39, 0.29) is 6.61 Å². The van der Waals surface area contributed by atoms with Gasteiger partial charge in [0.15, 0.2) is 0 Å². The van der Waals surface area contributed by atoms with Crippen molar-refractivity contribution in [3.63, 3.8) is 0 Å². The largest absolute Gasteiger partial charge is 0.455 e. The Hall–Kier alpha value is -1.08. The highest BCUT2D eigenvalue weighted by Crippen LogP contribution is 2.35. The zero-order valence-corrected chi connectivity index (χ0v) is 9.66. The topological polar surface area (TPSA) is 21.3 Å². The maximum atomic E-state index is 12.5. The van der Waals surface area contributed by atoms with E-state index in [0.29, 0.717) is 11.3 Å². The molecule has 0 spiro atoms. The molecule has 0 unspecified atom stereocenters. The lowest BCUT2D eigenvalue weighted by molar-refractivity contribution is -0.297. The molecule has 0 aliphatic carbocycles. The van der Waals surface area contributed by atoms with Crippen LogP contribution < -0.4 is 4.84 Å². The first kappa shape index (κ1) is 15.0. The van der Waals surface area contributed by atoms with Gasteiger partial charge in [0.1, 0.15) is 6.61 Å². The van der Waals surface area contributed by atoms with Gasteiger partial charge >= 0.3 is 12.1 Å². The summed E-state index contributed by atoms with van der Waals surface area (Å²) in [5.74, 6) is -4.85. The van der Waals surface area contributed by atoms with Gasteiger partial charge in [-0.05, 0) is 17.7 Å². The smallest absolute Gasteiger partial charge is 0.370 e. The van der Waals surface area contributed by atoms with E-state index in [4.69, 9.17) is 11.8 Å². The fourth-order valence-corrected chi connectivity index (χ4v) is 1.22. The van der Waals surface area contributed by atoms with Crippen molar-refractivity contribution in [1.29, 1.82) is 0 Å². The molecule has 0 amide bonds. The average molecular weight is 290 g/mol. The number of nitrogens with one attached hydrogen (secondary N) is 1. The summed E-state index contributed by atoms with van der Waals surface area (Å²) in [7, 11) is 0. The van der Waals surface area contributed by atoms with E-state index >= 15 is 0 Å². The summed E-state index contributed by atoms with van der Waals surface area (Å²) in [6.45, 7) is -2.08. The maximum absolute atomic E-state index is 12.5. The van der Waals surface area contributed by atoms with Gasteiger partial charge in [0.05, 0.1) is 6.61 Å². The molecular weight excluding hydrogens is 281 g/mol. The van der Waals surface area contributed by atoms with E-state index in [9.17, 15) is 22.0 Å². The zero-order chi connectivity index (χ0) is 13.8. The molecule has 0 atom stereocenters. The van der Waals surface area contributed by atoms with Crippen LogP contribution in [0.25, 0.3) is 0 Å². The van der Waals surface area contributed by atoms with Crippen LogP contribution in [0.3, 0.4) is 0 Å². The van der Waals surface area contributed by atoms with Crippen LogP contribution in [0.1, 0.15) is 5.56 Å². The monoisotopic (exact) mass is 289 g/mol. The standard InChI is InChI=1S/C10H9ClF5NO/c11-17-8-3-1-2-7(4-8)5-18-6-9(12,13)10(14,15)16/h1-4,17H,5-6H2. The number of alkyl halides is 5. The van der Waals surface area contributed by atoms with E-state index in [1.165, 1.54) is 12.1 Å². The molecule has 0 aliphatic rings. The Kier molecular flexibility index (Phi) is 4.75. The van der Waals surface area contributed by atoms with Gasteiger partial charge in [0.25, 0.3) is 0 Å². The van der Waals surface area contributed by atoms with Crippen LogP contribution in [-0.2, 0) is 11.3 Å². The third kappa shape index (κ3) is 3.99. The van der Waals surface area contributed by atoms with Gasteiger partial charge in [0.2, 0.25) is 0 Å². The molecule has 102 valence electrons. The summed E-state index contributed by atoms with van der Waals surface area (Å²) in [5, 5.41) is 0. The normalized spacial score (nSPS) is 12.6. The minimum absolute atomic E-state index is 0.363. The molecule has 0 saturated carbocycles. The molecule has 0 saturated heterocycles. The van der Waals surface area contributed by atoms with Gasteiger partial charge in [-0.15, -0.1) is 0 Å². The zero-order valence-electron chi connectivity index (χ0n) is 8.90. The van der Waals surface area contributed by atoms with Gasteiger partial charge in [-0.2, -0.15) is 22.0 Å². The Bertz CT molecular complexity index is 396. The summed E-state index contributed by atoms with van der Waals surface area (Å²) in [6.07, 6.45) is -5.60. The van der Waals surface area contributed by atoms with Crippen molar-refractivity contribution in [3.8, 4) is 0 Å². The van der Waals surface area contributed by atoms with Gasteiger partial charge in [-0.3, -0.25) is 4.84 Å². The lowest BCUT2D eigenvalue weighted by Gasteiger charge is -2.19. The third-order valence-electron chi connectivity index (χ3n) is 2.00. The first-order valence-corrected chi connectivity index (χ1v) is 5.12. The number of halogens is 6. The average Bonchev–Trinajstić information content (AvgIpc) is 2.27. The van der Waals surface area contributed by atoms with E-state index in [0.717, 1.165) is 0 Å². The maximum Gasteiger partial charge on any atom is 0.455 e.